The second-order valence-corrected chi connectivity index (χ2v) is 10.5. The minimum atomic E-state index is -1.39. The van der Waals surface area contributed by atoms with E-state index in [9.17, 15) is 0 Å². The van der Waals surface area contributed by atoms with Crippen LogP contribution in [0.4, 0.5) is 0 Å². The number of hydrogen-bond acceptors (Lipinski definition) is 1. The molecule has 3 heteroatoms. The van der Waals surface area contributed by atoms with Crippen molar-refractivity contribution in [2.75, 3.05) is 0 Å². The first-order valence-electron chi connectivity index (χ1n) is 5.89. The molecule has 0 saturated heterocycles. The fourth-order valence-electron chi connectivity index (χ4n) is 2.24. The van der Waals surface area contributed by atoms with Gasteiger partial charge in [-0.2, -0.15) is 18.2 Å². The summed E-state index contributed by atoms with van der Waals surface area (Å²) in [5, 5.41) is 3.74. The molecule has 0 aliphatic carbocycles. The zero-order valence-corrected chi connectivity index (χ0v) is 12.4. The summed E-state index contributed by atoms with van der Waals surface area (Å²) < 4.78 is 6.02. The van der Waals surface area contributed by atoms with Crippen molar-refractivity contribution in [1.82, 2.24) is 0 Å². The molecule has 0 bridgehead atoms. The van der Waals surface area contributed by atoms with Gasteiger partial charge in [-0.15, -0.1) is 5.19 Å². The third kappa shape index (κ3) is 2.05. The fourth-order valence-corrected chi connectivity index (χ4v) is 3.62. The fraction of sp³-hybridized carbons (Fsp3) is 0.200. The molecule has 0 unspecified atom stereocenters. The van der Waals surface area contributed by atoms with Crippen molar-refractivity contribution in [3.8, 4) is 0 Å². The smallest absolute Gasteiger partial charge is 0.483 e. The van der Waals surface area contributed by atoms with Crippen LogP contribution in [0.2, 0.25) is 19.6 Å². The van der Waals surface area contributed by atoms with Crippen molar-refractivity contribution in [2.24, 2.45) is 0 Å². The van der Waals surface area contributed by atoms with Crippen LogP contribution in [0.5, 0.6) is 0 Å². The minimum Gasteiger partial charge on any atom is -0.483 e. The molecule has 3 aromatic rings. The molecule has 0 atom stereocenters. The number of rotatable bonds is 1. The van der Waals surface area contributed by atoms with Gasteiger partial charge in [0.25, 0.3) is 0 Å². The van der Waals surface area contributed by atoms with Gasteiger partial charge in [0.2, 0.25) is 0 Å². The summed E-state index contributed by atoms with van der Waals surface area (Å²) in [7, 11) is -1.39. The predicted octanol–water partition coefficient (Wildman–Crippen LogP) is 0.935. The molecular formula is C15H15LiOSi. The minimum absolute atomic E-state index is 0. The van der Waals surface area contributed by atoms with Crippen molar-refractivity contribution in [1.29, 1.82) is 0 Å². The van der Waals surface area contributed by atoms with Crippen LogP contribution in [0.3, 0.4) is 0 Å². The third-order valence-corrected chi connectivity index (χ3v) is 5.13. The van der Waals surface area contributed by atoms with Crippen molar-refractivity contribution in [3.05, 3.63) is 42.5 Å². The number of furan rings is 1. The zero-order valence-electron chi connectivity index (χ0n) is 11.4. The second-order valence-electron chi connectivity index (χ2n) is 5.46. The molecule has 0 aliphatic rings. The first-order valence-corrected chi connectivity index (χ1v) is 9.39. The van der Waals surface area contributed by atoms with Gasteiger partial charge in [-0.05, 0) is 11.5 Å². The molecule has 0 saturated carbocycles. The van der Waals surface area contributed by atoms with Crippen molar-refractivity contribution in [2.45, 2.75) is 19.6 Å². The van der Waals surface area contributed by atoms with Crippen LogP contribution in [-0.4, -0.2) is 8.07 Å². The van der Waals surface area contributed by atoms with Crippen LogP contribution in [0.25, 0.3) is 21.9 Å². The summed E-state index contributed by atoms with van der Waals surface area (Å²) in [5.41, 5.74) is 2.03. The van der Waals surface area contributed by atoms with Crippen LogP contribution in [0, 0.1) is 6.07 Å². The van der Waals surface area contributed by atoms with Crippen LogP contribution in [0.1, 0.15) is 0 Å². The number of benzene rings is 2. The Bertz CT molecular complexity index is 694. The van der Waals surface area contributed by atoms with Gasteiger partial charge >= 0.3 is 18.9 Å². The van der Waals surface area contributed by atoms with E-state index >= 15 is 0 Å². The summed E-state index contributed by atoms with van der Waals surface area (Å²) in [5.74, 6) is 0. The van der Waals surface area contributed by atoms with Crippen molar-refractivity contribution < 1.29 is 23.3 Å². The van der Waals surface area contributed by atoms with E-state index in [1.54, 1.807) is 0 Å². The third-order valence-electron chi connectivity index (χ3n) is 3.14. The summed E-state index contributed by atoms with van der Waals surface area (Å²) in [4.78, 5) is 0. The molecule has 2 aromatic carbocycles. The van der Waals surface area contributed by atoms with Crippen molar-refractivity contribution >= 4 is 35.2 Å². The van der Waals surface area contributed by atoms with Gasteiger partial charge in [-0.3, -0.25) is 0 Å². The summed E-state index contributed by atoms with van der Waals surface area (Å²) in [6.45, 7) is 7.01. The molecule has 86 valence electrons. The van der Waals surface area contributed by atoms with Crippen LogP contribution >= 0.6 is 0 Å². The maximum absolute atomic E-state index is 6.02. The molecule has 1 aromatic heterocycles. The Morgan fingerprint density at radius 2 is 1.72 bits per heavy atom. The maximum atomic E-state index is 6.02. The molecule has 3 rings (SSSR count). The first kappa shape index (κ1) is 13.5. The standard InChI is InChI=1S/C15H15OSi.Li/c1-17(2,3)14-10-6-8-12-11-7-4-5-9-13(11)16-15(12)14;/h4-5,7-10H,1-3H3;/q-1;+1. The molecule has 1 nitrogen and oxygen atoms in total. The van der Waals surface area contributed by atoms with Crippen LogP contribution in [-0.2, 0) is 0 Å². The zero-order chi connectivity index (χ0) is 12.0. The van der Waals surface area contributed by atoms with E-state index in [1.807, 2.05) is 18.2 Å². The Labute approximate surface area is 120 Å². The van der Waals surface area contributed by atoms with E-state index in [0.717, 1.165) is 11.2 Å². The Morgan fingerprint density at radius 1 is 1.00 bits per heavy atom. The van der Waals surface area contributed by atoms with Gasteiger partial charge in [-0.25, -0.2) is 0 Å². The normalized spacial score (nSPS) is 11.7. The Balaban J connectivity index is 0.00000120. The molecule has 18 heavy (non-hydrogen) atoms. The van der Waals surface area contributed by atoms with E-state index in [-0.39, 0.29) is 18.9 Å². The maximum Gasteiger partial charge on any atom is 1.00 e. The molecule has 0 fully saturated rings. The number of para-hydroxylation sites is 1. The Hall–Kier alpha value is -0.946. The van der Waals surface area contributed by atoms with E-state index in [2.05, 4.69) is 43.9 Å². The van der Waals surface area contributed by atoms with Crippen LogP contribution < -0.4 is 24.0 Å². The Morgan fingerprint density at radius 3 is 2.44 bits per heavy atom. The second kappa shape index (κ2) is 4.62. The molecule has 0 radical (unpaired) electrons. The predicted molar refractivity (Wildman–Crippen MR) is 75.5 cm³/mol. The monoisotopic (exact) mass is 246 g/mol. The van der Waals surface area contributed by atoms with Gasteiger partial charge in [0.1, 0.15) is 5.58 Å². The van der Waals surface area contributed by atoms with Gasteiger partial charge in [0.15, 0.2) is 0 Å². The largest absolute Gasteiger partial charge is 1.00 e. The molecule has 0 N–H and O–H groups in total. The van der Waals surface area contributed by atoms with Gasteiger partial charge in [0.05, 0.1) is 0 Å². The van der Waals surface area contributed by atoms with Gasteiger partial charge in [-0.1, -0.05) is 43.2 Å². The van der Waals surface area contributed by atoms with Gasteiger partial charge in [0, 0.05) is 13.7 Å². The summed E-state index contributed by atoms with van der Waals surface area (Å²) in [6, 6.07) is 15.6. The average Bonchev–Trinajstić information content (AvgIpc) is 2.65. The molecule has 0 spiro atoms. The summed E-state index contributed by atoms with van der Waals surface area (Å²) in [6.07, 6.45) is 0. The quantitative estimate of drug-likeness (QED) is 0.460. The SMILES string of the molecule is C[Si](C)(C)c1c[c-]cc2c1oc1ccccc12.[Li+]. The van der Waals surface area contributed by atoms with E-state index < -0.39 is 8.07 Å². The van der Waals surface area contributed by atoms with Crippen molar-refractivity contribution in [3.63, 3.8) is 0 Å². The van der Waals surface area contributed by atoms with E-state index in [0.29, 0.717) is 0 Å². The molecular weight excluding hydrogens is 231 g/mol. The topological polar surface area (TPSA) is 13.1 Å². The number of hydrogen-bond donors (Lipinski definition) is 0. The van der Waals surface area contributed by atoms with E-state index in [1.165, 1.54) is 16.0 Å². The molecule has 0 aliphatic heterocycles. The number of fused-ring (bicyclic) bond motifs is 3. The first-order chi connectivity index (χ1) is 8.07. The molecule has 0 amide bonds. The summed E-state index contributed by atoms with van der Waals surface area (Å²) >= 11 is 0. The average molecular weight is 246 g/mol. The van der Waals surface area contributed by atoms with Gasteiger partial charge < -0.3 is 4.42 Å². The van der Waals surface area contributed by atoms with E-state index in [4.69, 9.17) is 4.42 Å². The molecule has 1 heterocycles. The van der Waals surface area contributed by atoms with Crippen LogP contribution in [0.15, 0.2) is 40.8 Å². The Kier molecular flexibility index (Phi) is 3.46.